The van der Waals surface area contributed by atoms with Crippen molar-refractivity contribution in [3.05, 3.63) is 40.6 Å². The van der Waals surface area contributed by atoms with Crippen LogP contribution in [0.5, 0.6) is 0 Å². The van der Waals surface area contributed by atoms with E-state index in [1.54, 1.807) is 24.3 Å². The molecule has 1 aromatic heterocycles. The summed E-state index contributed by atoms with van der Waals surface area (Å²) in [7, 11) is -1.76. The van der Waals surface area contributed by atoms with E-state index in [1.807, 2.05) is 0 Å². The van der Waals surface area contributed by atoms with Gasteiger partial charge in [0.1, 0.15) is 11.2 Å². The molecule has 0 aliphatic heterocycles. The van der Waals surface area contributed by atoms with Gasteiger partial charge in [-0.2, -0.15) is 0 Å². The van der Waals surface area contributed by atoms with Crippen molar-refractivity contribution < 1.29 is 14.5 Å². The minimum absolute atomic E-state index is 0.145. The largest absolute Gasteiger partial charge is 0.526 e. The minimum atomic E-state index is -1.76. The van der Waals surface area contributed by atoms with Crippen LogP contribution >= 0.6 is 0 Å². The molecule has 14 heavy (non-hydrogen) atoms. The van der Waals surface area contributed by atoms with Gasteiger partial charge >= 0.3 is 7.12 Å². The standard InChI is InChI=1S/C9H7BO4/c11-7-5-9(10(12)13)14-8-4-2-1-3-6(7)8/h1-5,12-13H. The molecule has 0 atom stereocenters. The molecule has 0 spiro atoms. The summed E-state index contributed by atoms with van der Waals surface area (Å²) in [5.74, 6) is 0. The van der Waals surface area contributed by atoms with Gasteiger partial charge in [-0.3, -0.25) is 4.79 Å². The van der Waals surface area contributed by atoms with E-state index in [2.05, 4.69) is 0 Å². The Morgan fingerprint density at radius 2 is 1.93 bits per heavy atom. The molecule has 0 unspecified atom stereocenters. The highest BCUT2D eigenvalue weighted by molar-refractivity contribution is 6.57. The summed E-state index contributed by atoms with van der Waals surface area (Å²) < 4.78 is 5.10. The lowest BCUT2D eigenvalue weighted by Gasteiger charge is -2.00. The fourth-order valence-electron chi connectivity index (χ4n) is 1.25. The second-order valence-corrected chi connectivity index (χ2v) is 2.88. The summed E-state index contributed by atoms with van der Waals surface area (Å²) in [6.45, 7) is 0. The van der Waals surface area contributed by atoms with E-state index in [0.29, 0.717) is 11.0 Å². The molecule has 5 heteroatoms. The third-order valence-electron chi connectivity index (χ3n) is 1.91. The summed E-state index contributed by atoms with van der Waals surface area (Å²) in [6, 6.07) is 7.72. The Kier molecular flexibility index (Phi) is 2.11. The number of fused-ring (bicyclic) bond motifs is 1. The monoisotopic (exact) mass is 190 g/mol. The highest BCUT2D eigenvalue weighted by atomic mass is 16.4. The van der Waals surface area contributed by atoms with Crippen LogP contribution in [0, 0.1) is 0 Å². The van der Waals surface area contributed by atoms with Gasteiger partial charge in [-0.15, -0.1) is 0 Å². The highest BCUT2D eigenvalue weighted by Crippen LogP contribution is 2.06. The number of benzene rings is 1. The fourth-order valence-corrected chi connectivity index (χ4v) is 1.25. The molecule has 4 nitrogen and oxygen atoms in total. The molecule has 0 aliphatic rings. The average Bonchev–Trinajstić information content (AvgIpc) is 2.17. The molecule has 0 fully saturated rings. The first-order chi connectivity index (χ1) is 6.68. The number of hydrogen-bond acceptors (Lipinski definition) is 4. The Labute approximate surface area is 79.6 Å². The predicted molar refractivity (Wildman–Crippen MR) is 52.3 cm³/mol. The van der Waals surface area contributed by atoms with Gasteiger partial charge in [0.2, 0.25) is 0 Å². The zero-order valence-electron chi connectivity index (χ0n) is 7.18. The molecule has 2 aromatic rings. The van der Waals surface area contributed by atoms with Crippen LogP contribution in [0.4, 0.5) is 0 Å². The molecule has 0 bridgehead atoms. The Morgan fingerprint density at radius 3 is 2.64 bits per heavy atom. The third-order valence-corrected chi connectivity index (χ3v) is 1.91. The van der Waals surface area contributed by atoms with E-state index in [4.69, 9.17) is 14.5 Å². The molecule has 0 aliphatic carbocycles. The Bertz CT molecular complexity index is 517. The molecular formula is C9H7BO4. The SMILES string of the molecule is O=c1cc(B(O)O)oc2ccccc12. The van der Waals surface area contributed by atoms with Crippen molar-refractivity contribution in [2.45, 2.75) is 0 Å². The van der Waals surface area contributed by atoms with Crippen LogP contribution in [0.15, 0.2) is 39.5 Å². The molecule has 0 saturated carbocycles. The van der Waals surface area contributed by atoms with Gasteiger partial charge < -0.3 is 14.5 Å². The van der Waals surface area contributed by atoms with Crippen molar-refractivity contribution in [2.75, 3.05) is 0 Å². The first kappa shape index (κ1) is 8.99. The third kappa shape index (κ3) is 1.43. The zero-order chi connectivity index (χ0) is 10.1. The van der Waals surface area contributed by atoms with Crippen LogP contribution in [-0.4, -0.2) is 17.2 Å². The number of para-hydroxylation sites is 1. The average molecular weight is 190 g/mol. The molecular weight excluding hydrogens is 183 g/mol. The lowest BCUT2D eigenvalue weighted by molar-refractivity contribution is 0.411. The summed E-state index contributed by atoms with van der Waals surface area (Å²) >= 11 is 0. The first-order valence-electron chi connectivity index (χ1n) is 4.07. The van der Waals surface area contributed by atoms with E-state index < -0.39 is 7.12 Å². The smallest absolute Gasteiger partial charge is 0.464 e. The van der Waals surface area contributed by atoms with Crippen molar-refractivity contribution in [1.82, 2.24) is 0 Å². The van der Waals surface area contributed by atoms with Gasteiger partial charge in [-0.05, 0) is 12.1 Å². The molecule has 70 valence electrons. The Hall–Kier alpha value is -1.59. The summed E-state index contributed by atoms with van der Waals surface area (Å²) in [5, 5.41) is 18.1. The summed E-state index contributed by atoms with van der Waals surface area (Å²) in [5.41, 5.74) is -0.0771. The normalized spacial score (nSPS) is 10.4. The molecule has 1 aromatic carbocycles. The van der Waals surface area contributed by atoms with Crippen LogP contribution < -0.4 is 11.1 Å². The van der Waals surface area contributed by atoms with Crippen LogP contribution in [0.2, 0.25) is 0 Å². The van der Waals surface area contributed by atoms with Crippen LogP contribution in [-0.2, 0) is 0 Å². The van der Waals surface area contributed by atoms with Crippen LogP contribution in [0.1, 0.15) is 0 Å². The van der Waals surface area contributed by atoms with Gasteiger partial charge in [0, 0.05) is 6.07 Å². The van der Waals surface area contributed by atoms with E-state index >= 15 is 0 Å². The zero-order valence-corrected chi connectivity index (χ0v) is 7.18. The topological polar surface area (TPSA) is 70.7 Å². The first-order valence-corrected chi connectivity index (χ1v) is 4.07. The maximum atomic E-state index is 11.4. The highest BCUT2D eigenvalue weighted by Gasteiger charge is 2.16. The second kappa shape index (κ2) is 3.28. The van der Waals surface area contributed by atoms with Crippen molar-refractivity contribution in [2.24, 2.45) is 0 Å². The number of hydrogen-bond donors (Lipinski definition) is 2. The second-order valence-electron chi connectivity index (χ2n) is 2.88. The van der Waals surface area contributed by atoms with Gasteiger partial charge in [-0.1, -0.05) is 12.1 Å². The Morgan fingerprint density at radius 1 is 1.21 bits per heavy atom. The minimum Gasteiger partial charge on any atom is -0.464 e. The van der Waals surface area contributed by atoms with Crippen molar-refractivity contribution in [1.29, 1.82) is 0 Å². The molecule has 0 radical (unpaired) electrons. The van der Waals surface area contributed by atoms with Gasteiger partial charge in [0.15, 0.2) is 5.43 Å². The quantitative estimate of drug-likeness (QED) is 0.593. The molecule has 1 heterocycles. The maximum absolute atomic E-state index is 11.4. The fraction of sp³-hybridized carbons (Fsp3) is 0. The molecule has 2 rings (SSSR count). The molecule has 0 saturated heterocycles. The molecule has 0 amide bonds. The van der Waals surface area contributed by atoms with E-state index in [9.17, 15) is 4.79 Å². The van der Waals surface area contributed by atoms with Crippen molar-refractivity contribution >= 4 is 23.7 Å². The van der Waals surface area contributed by atoms with E-state index in [-0.39, 0.29) is 11.1 Å². The van der Waals surface area contributed by atoms with Crippen molar-refractivity contribution in [3.63, 3.8) is 0 Å². The van der Waals surface area contributed by atoms with Crippen LogP contribution in [0.3, 0.4) is 0 Å². The van der Waals surface area contributed by atoms with Crippen molar-refractivity contribution in [3.8, 4) is 0 Å². The van der Waals surface area contributed by atoms with Gasteiger partial charge in [0.25, 0.3) is 0 Å². The van der Waals surface area contributed by atoms with Crippen LogP contribution in [0.25, 0.3) is 11.0 Å². The van der Waals surface area contributed by atoms with Gasteiger partial charge in [-0.25, -0.2) is 0 Å². The van der Waals surface area contributed by atoms with Gasteiger partial charge in [0.05, 0.1) is 5.39 Å². The van der Waals surface area contributed by atoms with E-state index in [1.165, 1.54) is 0 Å². The lowest BCUT2D eigenvalue weighted by atomic mass is 9.87. The maximum Gasteiger partial charge on any atom is 0.526 e. The Balaban J connectivity index is 2.79. The lowest BCUT2D eigenvalue weighted by Crippen LogP contribution is -2.32. The predicted octanol–water partition coefficient (Wildman–Crippen LogP) is -0.527. The molecule has 2 N–H and O–H groups in total. The summed E-state index contributed by atoms with van der Waals surface area (Å²) in [4.78, 5) is 11.4. The summed E-state index contributed by atoms with van der Waals surface area (Å²) in [6.07, 6.45) is 0. The van der Waals surface area contributed by atoms with E-state index in [0.717, 1.165) is 6.07 Å². The number of rotatable bonds is 1.